The van der Waals surface area contributed by atoms with Crippen molar-refractivity contribution in [3.8, 4) is 5.75 Å². The molecular weight excluding hydrogens is 392 g/mol. The van der Waals surface area contributed by atoms with Crippen LogP contribution in [0.15, 0.2) is 62.6 Å². The first-order valence-corrected chi connectivity index (χ1v) is 10.8. The zero-order valence-electron chi connectivity index (χ0n) is 16.0. The van der Waals surface area contributed by atoms with E-state index in [4.69, 9.17) is 4.42 Å². The molecule has 0 radical (unpaired) electrons. The van der Waals surface area contributed by atoms with Gasteiger partial charge in [0.05, 0.1) is 4.90 Å². The molecule has 1 fully saturated rings. The summed E-state index contributed by atoms with van der Waals surface area (Å²) in [7, 11) is -3.50. The van der Waals surface area contributed by atoms with Crippen LogP contribution in [-0.4, -0.2) is 48.9 Å². The number of hydrogen-bond donors (Lipinski definition) is 1. The number of sulfonamides is 1. The Morgan fingerprint density at radius 1 is 1.03 bits per heavy atom. The molecule has 0 unspecified atom stereocenters. The van der Waals surface area contributed by atoms with Crippen molar-refractivity contribution in [3.63, 3.8) is 0 Å². The maximum absolute atomic E-state index is 12.8. The lowest BCUT2D eigenvalue weighted by atomic mass is 10.1. The van der Waals surface area contributed by atoms with Gasteiger partial charge in [-0.15, -0.1) is 0 Å². The Balaban J connectivity index is 1.52. The highest BCUT2D eigenvalue weighted by molar-refractivity contribution is 7.89. The first kappa shape index (κ1) is 19.6. The molecule has 1 saturated heterocycles. The Kier molecular flexibility index (Phi) is 5.16. The summed E-state index contributed by atoms with van der Waals surface area (Å²) < 4.78 is 32.3. The first-order chi connectivity index (χ1) is 13.9. The van der Waals surface area contributed by atoms with Crippen molar-refractivity contribution >= 4 is 21.0 Å². The average molecular weight is 414 g/mol. The van der Waals surface area contributed by atoms with Crippen molar-refractivity contribution in [1.29, 1.82) is 0 Å². The predicted octanol–water partition coefficient (Wildman–Crippen LogP) is 2.31. The molecule has 3 aromatic rings. The second-order valence-electron chi connectivity index (χ2n) is 7.17. The summed E-state index contributed by atoms with van der Waals surface area (Å²) in [5, 5.41) is 10.7. The highest BCUT2D eigenvalue weighted by atomic mass is 32.2. The molecule has 4 rings (SSSR count). The minimum Gasteiger partial charge on any atom is -0.508 e. The molecule has 1 N–H and O–H groups in total. The molecule has 2 heterocycles. The summed E-state index contributed by atoms with van der Waals surface area (Å²) in [4.78, 5) is 14.4. The van der Waals surface area contributed by atoms with E-state index >= 15 is 0 Å². The number of rotatable bonds is 4. The SMILES string of the molecule is Cc1c(O)ccc2c(CN3CCN(S(=O)(=O)c4ccccc4)CC3)cc(=O)oc12. The van der Waals surface area contributed by atoms with Crippen molar-refractivity contribution < 1.29 is 17.9 Å². The molecule has 152 valence electrons. The van der Waals surface area contributed by atoms with Gasteiger partial charge in [0.2, 0.25) is 10.0 Å². The molecule has 29 heavy (non-hydrogen) atoms. The van der Waals surface area contributed by atoms with E-state index in [1.165, 1.54) is 10.4 Å². The summed E-state index contributed by atoms with van der Waals surface area (Å²) in [5.74, 6) is 0.0810. The maximum Gasteiger partial charge on any atom is 0.336 e. The fraction of sp³-hybridized carbons (Fsp3) is 0.286. The Morgan fingerprint density at radius 3 is 2.41 bits per heavy atom. The lowest BCUT2D eigenvalue weighted by Crippen LogP contribution is -2.48. The number of nitrogens with zero attached hydrogens (tertiary/aromatic N) is 2. The van der Waals surface area contributed by atoms with Gasteiger partial charge < -0.3 is 9.52 Å². The summed E-state index contributed by atoms with van der Waals surface area (Å²) in [5.41, 5.74) is 1.25. The van der Waals surface area contributed by atoms with E-state index in [2.05, 4.69) is 4.90 Å². The van der Waals surface area contributed by atoms with Crippen LogP contribution in [0.2, 0.25) is 0 Å². The number of phenolic OH excluding ortho intramolecular Hbond substituents is 1. The van der Waals surface area contributed by atoms with Gasteiger partial charge in [-0.2, -0.15) is 4.31 Å². The standard InChI is InChI=1S/C21H22N2O5S/c1-15-19(24)8-7-18-16(13-20(25)28-21(15)18)14-22-9-11-23(12-10-22)29(26,27)17-5-3-2-4-6-17/h2-8,13,24H,9-12,14H2,1H3. The molecule has 8 heteroatoms. The van der Waals surface area contributed by atoms with Gasteiger partial charge in [-0.25, -0.2) is 13.2 Å². The van der Waals surface area contributed by atoms with Crippen molar-refractivity contribution in [2.24, 2.45) is 0 Å². The second kappa shape index (κ2) is 7.62. The van der Waals surface area contributed by atoms with Gasteiger partial charge >= 0.3 is 5.63 Å². The monoisotopic (exact) mass is 414 g/mol. The minimum absolute atomic E-state index is 0.0810. The largest absolute Gasteiger partial charge is 0.508 e. The van der Waals surface area contributed by atoms with E-state index in [9.17, 15) is 18.3 Å². The van der Waals surface area contributed by atoms with Crippen LogP contribution < -0.4 is 5.63 Å². The summed E-state index contributed by atoms with van der Waals surface area (Å²) in [6, 6.07) is 13.2. The third-order valence-corrected chi connectivity index (χ3v) is 7.24. The van der Waals surface area contributed by atoms with Gasteiger partial charge in [-0.3, -0.25) is 4.90 Å². The number of hydrogen-bond acceptors (Lipinski definition) is 6. The molecule has 7 nitrogen and oxygen atoms in total. The van der Waals surface area contributed by atoms with Crippen LogP contribution in [0.5, 0.6) is 5.75 Å². The normalized spacial score (nSPS) is 16.3. The van der Waals surface area contributed by atoms with E-state index in [-0.39, 0.29) is 5.75 Å². The predicted molar refractivity (Wildman–Crippen MR) is 109 cm³/mol. The molecule has 1 aromatic heterocycles. The smallest absolute Gasteiger partial charge is 0.336 e. The first-order valence-electron chi connectivity index (χ1n) is 9.39. The Labute approximate surface area is 168 Å². The Bertz CT molecular complexity index is 1200. The third-order valence-electron chi connectivity index (χ3n) is 5.32. The van der Waals surface area contributed by atoms with Crippen LogP contribution in [0.4, 0.5) is 0 Å². The van der Waals surface area contributed by atoms with Crippen LogP contribution in [0.1, 0.15) is 11.1 Å². The highest BCUT2D eigenvalue weighted by Crippen LogP contribution is 2.28. The summed E-state index contributed by atoms with van der Waals surface area (Å²) >= 11 is 0. The summed E-state index contributed by atoms with van der Waals surface area (Å²) in [6.07, 6.45) is 0. The molecule has 1 aliphatic rings. The van der Waals surface area contributed by atoms with Gasteiger partial charge in [0.1, 0.15) is 11.3 Å². The van der Waals surface area contributed by atoms with Crippen LogP contribution in [0.3, 0.4) is 0 Å². The number of aromatic hydroxyl groups is 1. The second-order valence-corrected chi connectivity index (χ2v) is 9.11. The zero-order valence-corrected chi connectivity index (χ0v) is 16.9. The molecule has 0 amide bonds. The highest BCUT2D eigenvalue weighted by Gasteiger charge is 2.28. The van der Waals surface area contributed by atoms with Crippen molar-refractivity contribution in [2.45, 2.75) is 18.4 Å². The number of piperazine rings is 1. The van der Waals surface area contributed by atoms with Gasteiger partial charge in [0.15, 0.2) is 0 Å². The van der Waals surface area contributed by atoms with E-state index in [0.29, 0.717) is 48.8 Å². The third kappa shape index (κ3) is 3.78. The molecule has 0 atom stereocenters. The lowest BCUT2D eigenvalue weighted by Gasteiger charge is -2.34. The zero-order chi connectivity index (χ0) is 20.6. The van der Waals surface area contributed by atoms with Gasteiger partial charge in [0.25, 0.3) is 0 Å². The molecule has 1 aliphatic heterocycles. The van der Waals surface area contributed by atoms with Crippen molar-refractivity contribution in [1.82, 2.24) is 9.21 Å². The van der Waals surface area contributed by atoms with Crippen LogP contribution in [0, 0.1) is 6.92 Å². The number of benzene rings is 2. The van der Waals surface area contributed by atoms with Gasteiger partial charge in [0, 0.05) is 49.7 Å². The number of fused-ring (bicyclic) bond motifs is 1. The maximum atomic E-state index is 12.8. The van der Waals surface area contributed by atoms with E-state index in [1.807, 2.05) is 0 Å². The molecule has 0 saturated carbocycles. The van der Waals surface area contributed by atoms with Gasteiger partial charge in [-0.1, -0.05) is 18.2 Å². The molecule has 0 bridgehead atoms. The fourth-order valence-electron chi connectivity index (χ4n) is 3.66. The number of aryl methyl sites for hydroxylation is 1. The Hall–Kier alpha value is -2.68. The van der Waals surface area contributed by atoms with Crippen LogP contribution >= 0.6 is 0 Å². The van der Waals surface area contributed by atoms with Crippen LogP contribution in [0.25, 0.3) is 11.0 Å². The van der Waals surface area contributed by atoms with Gasteiger partial charge in [-0.05, 0) is 36.8 Å². The lowest BCUT2D eigenvalue weighted by molar-refractivity contribution is 0.182. The van der Waals surface area contributed by atoms with Crippen molar-refractivity contribution in [2.75, 3.05) is 26.2 Å². The van der Waals surface area contributed by atoms with Crippen molar-refractivity contribution in [3.05, 3.63) is 70.1 Å². The molecule has 0 spiro atoms. The van der Waals surface area contributed by atoms with E-state index < -0.39 is 15.6 Å². The molecular formula is C21H22N2O5S. The van der Waals surface area contributed by atoms with Crippen LogP contribution in [-0.2, 0) is 16.6 Å². The number of phenols is 1. The molecule has 2 aromatic carbocycles. The van der Waals surface area contributed by atoms with E-state index in [0.717, 1.165) is 10.9 Å². The molecule has 0 aliphatic carbocycles. The quantitative estimate of drug-likeness (QED) is 0.659. The Morgan fingerprint density at radius 2 is 1.72 bits per heavy atom. The minimum atomic E-state index is -3.50. The average Bonchev–Trinajstić information content (AvgIpc) is 2.72. The van der Waals surface area contributed by atoms with E-state index in [1.54, 1.807) is 49.4 Å². The topological polar surface area (TPSA) is 91.1 Å². The summed E-state index contributed by atoms with van der Waals surface area (Å²) in [6.45, 7) is 4.10. The fourth-order valence-corrected chi connectivity index (χ4v) is 5.10.